The number of carbonyl (C=O) groups excluding carboxylic acids is 1. The van der Waals surface area contributed by atoms with Gasteiger partial charge >= 0.3 is 0 Å². The van der Waals surface area contributed by atoms with Gasteiger partial charge in [0, 0.05) is 15.5 Å². The molecule has 3 nitrogen and oxygen atoms in total. The lowest BCUT2D eigenvalue weighted by atomic mass is 10.2. The van der Waals surface area contributed by atoms with E-state index in [9.17, 15) is 4.79 Å². The summed E-state index contributed by atoms with van der Waals surface area (Å²) in [6, 6.07) is 5.48. The van der Waals surface area contributed by atoms with E-state index in [1.807, 2.05) is 12.1 Å². The molecule has 5 heteroatoms. The van der Waals surface area contributed by atoms with Crippen molar-refractivity contribution in [3.8, 4) is 0 Å². The summed E-state index contributed by atoms with van der Waals surface area (Å²) in [5.41, 5.74) is 0.607. The largest absolute Gasteiger partial charge is 0.379 e. The van der Waals surface area contributed by atoms with Crippen LogP contribution in [0.3, 0.4) is 0 Å². The predicted octanol–water partition coefficient (Wildman–Crippen LogP) is 3.53. The van der Waals surface area contributed by atoms with Gasteiger partial charge in [0.2, 0.25) is 0 Å². The van der Waals surface area contributed by atoms with Crippen LogP contribution in [0.4, 0.5) is 0 Å². The molecule has 0 heterocycles. The Bertz CT molecular complexity index is 421. The molecular weight excluding hydrogens is 362 g/mol. The van der Waals surface area contributed by atoms with Crippen molar-refractivity contribution < 1.29 is 9.53 Å². The van der Waals surface area contributed by atoms with Crippen LogP contribution in [0.15, 0.2) is 39.8 Å². The Hall–Kier alpha value is -0.650. The van der Waals surface area contributed by atoms with E-state index in [1.54, 1.807) is 12.1 Å². The molecule has 1 N–H and O–H groups in total. The van der Waals surface area contributed by atoms with Gasteiger partial charge in [-0.2, -0.15) is 0 Å². The van der Waals surface area contributed by atoms with Crippen molar-refractivity contribution in [2.24, 2.45) is 0 Å². The van der Waals surface area contributed by atoms with Crippen LogP contribution >= 0.6 is 31.9 Å². The molecule has 0 unspecified atom stereocenters. The van der Waals surface area contributed by atoms with Crippen LogP contribution in [0, 0.1) is 0 Å². The maximum Gasteiger partial charge on any atom is 0.252 e. The average molecular weight is 377 g/mol. The predicted molar refractivity (Wildman–Crippen MR) is 79.8 cm³/mol. The molecule has 1 aromatic rings. The Labute approximate surface area is 124 Å². The summed E-state index contributed by atoms with van der Waals surface area (Å²) < 4.78 is 6.95. The number of ether oxygens (including phenoxy) is 1. The molecule has 1 rings (SSSR count). The molecule has 18 heavy (non-hydrogen) atoms. The number of hydrogen-bond acceptors (Lipinski definition) is 2. The topological polar surface area (TPSA) is 38.3 Å². The highest BCUT2D eigenvalue weighted by atomic mass is 79.9. The number of hydrogen-bond donors (Lipinski definition) is 1. The second-order valence-corrected chi connectivity index (χ2v) is 5.34. The monoisotopic (exact) mass is 375 g/mol. The molecule has 98 valence electrons. The van der Waals surface area contributed by atoms with Crippen molar-refractivity contribution >= 4 is 37.8 Å². The Balaban J connectivity index is 2.36. The van der Waals surface area contributed by atoms with Crippen molar-refractivity contribution in [1.29, 1.82) is 0 Å². The van der Waals surface area contributed by atoms with E-state index in [4.69, 9.17) is 4.74 Å². The van der Waals surface area contributed by atoms with E-state index < -0.39 is 0 Å². The summed E-state index contributed by atoms with van der Waals surface area (Å²) >= 11 is 6.69. The van der Waals surface area contributed by atoms with E-state index in [1.165, 1.54) is 0 Å². The number of nitrogens with one attached hydrogen (secondary N) is 1. The van der Waals surface area contributed by atoms with Gasteiger partial charge in [0.15, 0.2) is 0 Å². The van der Waals surface area contributed by atoms with E-state index in [-0.39, 0.29) is 5.91 Å². The third-order valence-corrected chi connectivity index (χ3v) is 3.36. The minimum Gasteiger partial charge on any atom is -0.379 e. The molecule has 1 aromatic carbocycles. The quantitative estimate of drug-likeness (QED) is 0.583. The zero-order valence-electron chi connectivity index (χ0n) is 9.92. The molecule has 1 amide bonds. The number of benzene rings is 1. The summed E-state index contributed by atoms with van der Waals surface area (Å²) in [4.78, 5) is 11.9. The summed E-state index contributed by atoms with van der Waals surface area (Å²) in [5.74, 6) is -0.115. The second kappa shape index (κ2) is 8.45. The molecule has 0 aliphatic carbocycles. The third-order valence-electron chi connectivity index (χ3n) is 2.17. The lowest BCUT2D eigenvalue weighted by Crippen LogP contribution is -2.27. The summed E-state index contributed by atoms with van der Waals surface area (Å²) in [6.07, 6.45) is 2.63. The van der Waals surface area contributed by atoms with Gasteiger partial charge in [-0.15, -0.1) is 6.58 Å². The van der Waals surface area contributed by atoms with Gasteiger partial charge in [-0.1, -0.05) is 22.0 Å². The lowest BCUT2D eigenvalue weighted by molar-refractivity contribution is 0.0917. The molecular formula is C13H15Br2NO2. The van der Waals surface area contributed by atoms with Gasteiger partial charge in [0.25, 0.3) is 5.91 Å². The molecule has 0 saturated carbocycles. The van der Waals surface area contributed by atoms with Crippen molar-refractivity contribution in [3.05, 3.63) is 45.4 Å². The summed E-state index contributed by atoms with van der Waals surface area (Å²) in [6.45, 7) is 5.24. The lowest BCUT2D eigenvalue weighted by Gasteiger charge is -2.07. The smallest absolute Gasteiger partial charge is 0.252 e. The van der Waals surface area contributed by atoms with Crippen LogP contribution in [-0.4, -0.2) is 25.7 Å². The fraction of sp³-hybridized carbons (Fsp3) is 0.308. The highest BCUT2D eigenvalue weighted by molar-refractivity contribution is 9.11. The van der Waals surface area contributed by atoms with Crippen molar-refractivity contribution in [2.75, 3.05) is 19.8 Å². The highest BCUT2D eigenvalue weighted by Crippen LogP contribution is 2.21. The Kier molecular flexibility index (Phi) is 7.23. The zero-order chi connectivity index (χ0) is 13.4. The van der Waals surface area contributed by atoms with E-state index in [0.717, 1.165) is 15.4 Å². The Morgan fingerprint density at radius 2 is 2.17 bits per heavy atom. The van der Waals surface area contributed by atoms with Crippen LogP contribution in [0.5, 0.6) is 0 Å². The minimum atomic E-state index is -0.115. The van der Waals surface area contributed by atoms with Crippen LogP contribution < -0.4 is 5.32 Å². The SMILES string of the molecule is C=CCCOCCNC(=O)c1cc(Br)ccc1Br. The van der Waals surface area contributed by atoms with E-state index in [0.29, 0.717) is 25.3 Å². The normalized spacial score (nSPS) is 10.1. The fourth-order valence-electron chi connectivity index (χ4n) is 1.27. The van der Waals surface area contributed by atoms with Crippen molar-refractivity contribution in [3.63, 3.8) is 0 Å². The van der Waals surface area contributed by atoms with Crippen molar-refractivity contribution in [2.45, 2.75) is 6.42 Å². The molecule has 0 radical (unpaired) electrons. The fourth-order valence-corrected chi connectivity index (χ4v) is 2.06. The first-order valence-corrected chi connectivity index (χ1v) is 7.15. The van der Waals surface area contributed by atoms with Crippen molar-refractivity contribution in [1.82, 2.24) is 5.32 Å². The summed E-state index contributed by atoms with van der Waals surface area (Å²) in [5, 5.41) is 2.80. The number of carbonyl (C=O) groups is 1. The zero-order valence-corrected chi connectivity index (χ0v) is 13.1. The van der Waals surface area contributed by atoms with Crippen LogP contribution in [0.25, 0.3) is 0 Å². The van der Waals surface area contributed by atoms with Gasteiger partial charge in [0.1, 0.15) is 0 Å². The van der Waals surface area contributed by atoms with Gasteiger partial charge in [-0.3, -0.25) is 4.79 Å². The molecule has 0 fully saturated rings. The molecule has 0 aliphatic heterocycles. The van der Waals surface area contributed by atoms with Crippen LogP contribution in [0.2, 0.25) is 0 Å². The van der Waals surface area contributed by atoms with Gasteiger partial charge in [-0.05, 0) is 40.5 Å². The third kappa shape index (κ3) is 5.33. The van der Waals surface area contributed by atoms with Gasteiger partial charge in [0.05, 0.1) is 18.8 Å². The molecule has 0 atom stereocenters. The Morgan fingerprint density at radius 1 is 1.39 bits per heavy atom. The standard InChI is InChI=1S/C13H15Br2NO2/c1-2-3-7-18-8-6-16-13(17)11-9-10(14)4-5-12(11)15/h2,4-5,9H,1,3,6-8H2,(H,16,17). The van der Waals surface area contributed by atoms with Crippen LogP contribution in [0.1, 0.15) is 16.8 Å². The molecule has 0 spiro atoms. The van der Waals surface area contributed by atoms with Gasteiger partial charge in [-0.25, -0.2) is 0 Å². The molecule has 0 aliphatic rings. The number of rotatable bonds is 7. The van der Waals surface area contributed by atoms with E-state index >= 15 is 0 Å². The molecule has 0 saturated heterocycles. The first kappa shape index (κ1) is 15.4. The van der Waals surface area contributed by atoms with E-state index in [2.05, 4.69) is 43.8 Å². The maximum atomic E-state index is 11.9. The minimum absolute atomic E-state index is 0.115. The van der Waals surface area contributed by atoms with Crippen LogP contribution in [-0.2, 0) is 4.74 Å². The number of amides is 1. The maximum absolute atomic E-state index is 11.9. The second-order valence-electron chi connectivity index (χ2n) is 3.57. The molecule has 0 aromatic heterocycles. The Morgan fingerprint density at radius 3 is 2.89 bits per heavy atom. The average Bonchev–Trinajstić information content (AvgIpc) is 2.36. The summed E-state index contributed by atoms with van der Waals surface area (Å²) in [7, 11) is 0. The first-order valence-electron chi connectivity index (χ1n) is 5.57. The highest BCUT2D eigenvalue weighted by Gasteiger charge is 2.09. The molecule has 0 bridgehead atoms. The van der Waals surface area contributed by atoms with Gasteiger partial charge < -0.3 is 10.1 Å². The first-order chi connectivity index (χ1) is 8.65. The number of halogens is 2.